The zero-order chi connectivity index (χ0) is 53.0. The molecule has 5 rings (SSSR count). The summed E-state index contributed by atoms with van der Waals surface area (Å²) in [6, 6.07) is 14.4. The van der Waals surface area contributed by atoms with Crippen LogP contribution in [0.4, 0.5) is 4.39 Å². The monoisotopic (exact) mass is 1050 g/mol. The normalized spacial score (nSPS) is 15.6. The zero-order valence-electron chi connectivity index (χ0n) is 43.5. The Morgan fingerprint density at radius 2 is 1.04 bits per heavy atom. The fraction of sp³-hybridized carbons (Fsp3) is 0.611. The van der Waals surface area contributed by atoms with Crippen LogP contribution in [0, 0.1) is 23.6 Å². The van der Waals surface area contributed by atoms with E-state index in [0.717, 1.165) is 118 Å². The third kappa shape index (κ3) is 24.2. The number of carbonyl (C=O) groups is 3. The van der Waals surface area contributed by atoms with E-state index in [-0.39, 0.29) is 35.8 Å². The number of nitrogens with one attached hydrogen (secondary N) is 6. The Morgan fingerprint density at radius 3 is 1.49 bits per heavy atom. The fourth-order valence-electron chi connectivity index (χ4n) is 7.94. The first-order valence-electron chi connectivity index (χ1n) is 25.6. The minimum absolute atomic E-state index is 0.0241. The van der Waals surface area contributed by atoms with Crippen molar-refractivity contribution in [2.75, 3.05) is 67.0 Å². The van der Waals surface area contributed by atoms with Crippen LogP contribution in [0.1, 0.15) is 95.8 Å². The molecule has 0 saturated heterocycles. The summed E-state index contributed by atoms with van der Waals surface area (Å²) in [5, 5.41) is 47.6. The van der Waals surface area contributed by atoms with Crippen molar-refractivity contribution in [3.8, 4) is 17.2 Å². The van der Waals surface area contributed by atoms with Crippen molar-refractivity contribution in [3.05, 3.63) is 87.2 Å². The number of hydrogen-bond donors (Lipinski definition) is 9. The molecule has 2 saturated carbocycles. The SMILES string of the molecule is CCC(C)[C@H](NC[C@@H](C)Oc1cc(F)ccc1CCCNC)C(=O)O.CNCCCc1ccc(Cl)cc1OCCN[C@H](C(=O)O)C1CC1.CNCCCc1ccc(Cl)cc1O[C@H](C)CN[C@H](C(=O)O)C1CC1. The summed E-state index contributed by atoms with van der Waals surface area (Å²) >= 11 is 12.1. The van der Waals surface area contributed by atoms with Crippen molar-refractivity contribution < 1.29 is 48.3 Å². The van der Waals surface area contributed by atoms with E-state index in [2.05, 4.69) is 31.9 Å². The predicted molar refractivity (Wildman–Crippen MR) is 285 cm³/mol. The Bertz CT molecular complexity index is 2070. The Morgan fingerprint density at radius 1 is 0.611 bits per heavy atom. The van der Waals surface area contributed by atoms with E-state index in [4.69, 9.17) is 37.4 Å². The van der Waals surface area contributed by atoms with Crippen LogP contribution >= 0.6 is 23.2 Å². The summed E-state index contributed by atoms with van der Waals surface area (Å²) in [5.41, 5.74) is 3.21. The number of rotatable bonds is 34. The molecule has 6 atom stereocenters. The van der Waals surface area contributed by atoms with Crippen LogP contribution in [-0.2, 0) is 33.6 Å². The maximum atomic E-state index is 13.6. The lowest BCUT2D eigenvalue weighted by atomic mass is 9.99. The second kappa shape index (κ2) is 34.3. The van der Waals surface area contributed by atoms with E-state index < -0.39 is 36.0 Å². The van der Waals surface area contributed by atoms with E-state index >= 15 is 0 Å². The Balaban J connectivity index is 0.000000285. The quantitative estimate of drug-likeness (QED) is 0.0261. The number of aliphatic carboxylic acids is 3. The summed E-state index contributed by atoms with van der Waals surface area (Å²) in [5.74, 6) is -0.0933. The van der Waals surface area contributed by atoms with E-state index in [0.29, 0.717) is 42.0 Å². The number of carboxylic acid groups (broad SMARTS) is 3. The lowest BCUT2D eigenvalue weighted by Gasteiger charge is -2.23. The van der Waals surface area contributed by atoms with Crippen molar-refractivity contribution in [1.82, 2.24) is 31.9 Å². The highest BCUT2D eigenvalue weighted by molar-refractivity contribution is 6.31. The minimum Gasteiger partial charge on any atom is -0.492 e. The summed E-state index contributed by atoms with van der Waals surface area (Å²) in [4.78, 5) is 33.8. The molecule has 0 radical (unpaired) electrons. The van der Waals surface area contributed by atoms with Crippen LogP contribution in [0.5, 0.6) is 17.2 Å². The first-order valence-corrected chi connectivity index (χ1v) is 26.4. The average molecular weight is 1050 g/mol. The highest BCUT2D eigenvalue weighted by Crippen LogP contribution is 2.34. The van der Waals surface area contributed by atoms with Crippen molar-refractivity contribution in [2.24, 2.45) is 17.8 Å². The predicted octanol–water partition coefficient (Wildman–Crippen LogP) is 7.87. The maximum absolute atomic E-state index is 13.6. The van der Waals surface area contributed by atoms with Crippen molar-refractivity contribution in [2.45, 2.75) is 129 Å². The van der Waals surface area contributed by atoms with Gasteiger partial charge in [-0.15, -0.1) is 0 Å². The summed E-state index contributed by atoms with van der Waals surface area (Å²) < 4.78 is 31.3. The number of halogens is 3. The van der Waals surface area contributed by atoms with Crippen LogP contribution in [0.25, 0.3) is 0 Å². The number of ether oxygens (including phenoxy) is 3. The van der Waals surface area contributed by atoms with Gasteiger partial charge in [0.1, 0.15) is 60.0 Å². The van der Waals surface area contributed by atoms with Gasteiger partial charge in [-0.3, -0.25) is 14.4 Å². The summed E-state index contributed by atoms with van der Waals surface area (Å²) in [6.07, 6.45) is 9.94. The molecule has 2 aliphatic rings. The molecule has 15 nitrogen and oxygen atoms in total. The molecule has 0 amide bonds. The van der Waals surface area contributed by atoms with Gasteiger partial charge in [-0.05, 0) is 184 Å². The third-order valence-corrected chi connectivity index (χ3v) is 13.0. The topological polar surface area (TPSA) is 212 Å². The third-order valence-electron chi connectivity index (χ3n) is 12.5. The smallest absolute Gasteiger partial charge is 0.320 e. The second-order valence-corrected chi connectivity index (χ2v) is 19.7. The molecular formula is C54H83Cl2FN6O9. The molecule has 18 heteroatoms. The van der Waals surface area contributed by atoms with Gasteiger partial charge in [-0.2, -0.15) is 0 Å². The molecule has 2 aliphatic carbocycles. The molecule has 1 unspecified atom stereocenters. The van der Waals surface area contributed by atoms with Crippen molar-refractivity contribution >= 4 is 41.1 Å². The largest absolute Gasteiger partial charge is 0.492 e. The molecule has 0 spiro atoms. The van der Waals surface area contributed by atoms with Crippen LogP contribution in [-0.4, -0.2) is 131 Å². The Hall–Kier alpha value is -4.26. The van der Waals surface area contributed by atoms with E-state index in [1.54, 1.807) is 6.07 Å². The second-order valence-electron chi connectivity index (χ2n) is 18.9. The number of aryl methyl sites for hydroxylation is 3. The first kappa shape index (κ1) is 62.0. The number of carboxylic acids is 3. The molecule has 404 valence electrons. The average Bonchev–Trinajstić information content (AvgIpc) is 4.28. The lowest BCUT2D eigenvalue weighted by Crippen LogP contribution is -2.45. The van der Waals surface area contributed by atoms with Gasteiger partial charge in [-0.1, -0.05) is 61.7 Å². The van der Waals surface area contributed by atoms with Crippen LogP contribution in [0.3, 0.4) is 0 Å². The van der Waals surface area contributed by atoms with Gasteiger partial charge in [0, 0.05) is 35.7 Å². The molecule has 0 aromatic heterocycles. The molecule has 0 bridgehead atoms. The lowest BCUT2D eigenvalue weighted by molar-refractivity contribution is -0.141. The number of benzene rings is 3. The highest BCUT2D eigenvalue weighted by atomic mass is 35.5. The fourth-order valence-corrected chi connectivity index (χ4v) is 8.27. The zero-order valence-corrected chi connectivity index (χ0v) is 45.0. The minimum atomic E-state index is -0.861. The van der Waals surface area contributed by atoms with Gasteiger partial charge in [0.25, 0.3) is 0 Å². The van der Waals surface area contributed by atoms with Gasteiger partial charge >= 0.3 is 17.9 Å². The van der Waals surface area contributed by atoms with Crippen molar-refractivity contribution in [3.63, 3.8) is 0 Å². The van der Waals surface area contributed by atoms with Crippen LogP contribution in [0.2, 0.25) is 10.0 Å². The molecule has 72 heavy (non-hydrogen) atoms. The van der Waals surface area contributed by atoms with E-state index in [1.807, 2.05) is 85.2 Å². The standard InChI is InChI=1S/C19H31FN2O3.C18H27ClN2O3.C17H25ClN2O3/c1-5-13(2)18(19(23)24)22-12-14(3)25-17-11-16(20)9-8-15(17)7-6-10-21-4;1-12(11-21-17(18(22)23)14-5-6-14)24-16-10-15(19)8-7-13(16)4-3-9-20-2;1-19-8-2-3-12-6-7-14(18)11-15(12)23-10-9-20-16(17(21)22)13-4-5-13/h8-9,11,13-14,18,21-22H,5-7,10,12H2,1-4H3,(H,23,24);7-8,10,12,14,17,20-21H,3-6,9,11H2,1-2H3,(H,22,23);6-7,11,13,16,19-20H,2-5,8-10H2,1H3,(H,21,22)/t13?,14-,18+;12-,17+;16-/m110/s1. The van der Waals surface area contributed by atoms with Gasteiger partial charge in [0.2, 0.25) is 0 Å². The van der Waals surface area contributed by atoms with Gasteiger partial charge in [-0.25, -0.2) is 4.39 Å². The molecule has 2 fully saturated rings. The van der Waals surface area contributed by atoms with Crippen LogP contribution < -0.4 is 46.1 Å². The molecule has 3 aromatic carbocycles. The van der Waals surface area contributed by atoms with E-state index in [1.165, 1.54) is 12.1 Å². The van der Waals surface area contributed by atoms with Crippen LogP contribution in [0.15, 0.2) is 54.6 Å². The van der Waals surface area contributed by atoms with Crippen molar-refractivity contribution in [1.29, 1.82) is 0 Å². The molecule has 9 N–H and O–H groups in total. The van der Waals surface area contributed by atoms with E-state index in [9.17, 15) is 34.1 Å². The summed E-state index contributed by atoms with van der Waals surface area (Å²) in [7, 11) is 5.77. The molecule has 0 heterocycles. The highest BCUT2D eigenvalue weighted by Gasteiger charge is 2.37. The summed E-state index contributed by atoms with van der Waals surface area (Å²) in [6.45, 7) is 12.3. The molecule has 3 aromatic rings. The molecule has 0 aliphatic heterocycles. The number of hydrogen-bond acceptors (Lipinski definition) is 12. The molecular weight excluding hydrogens is 967 g/mol. The Labute approximate surface area is 437 Å². The maximum Gasteiger partial charge on any atom is 0.320 e. The van der Waals surface area contributed by atoms with Gasteiger partial charge in [0.05, 0.1) is 0 Å². The first-order chi connectivity index (χ1) is 34.5. The Kier molecular flexibility index (Phi) is 29.5. The van der Waals surface area contributed by atoms with Gasteiger partial charge < -0.3 is 61.4 Å². The van der Waals surface area contributed by atoms with Gasteiger partial charge in [0.15, 0.2) is 0 Å².